The molecule has 0 aromatic carbocycles. The third-order valence-electron chi connectivity index (χ3n) is 3.96. The lowest BCUT2D eigenvalue weighted by Gasteiger charge is -2.24. The molecule has 2 fully saturated rings. The molecule has 1 aliphatic heterocycles. The highest BCUT2D eigenvalue weighted by atomic mass is 16.4. The van der Waals surface area contributed by atoms with Gasteiger partial charge in [0.15, 0.2) is 0 Å². The van der Waals surface area contributed by atoms with E-state index >= 15 is 0 Å². The van der Waals surface area contributed by atoms with Crippen LogP contribution in [0.5, 0.6) is 0 Å². The average Bonchev–Trinajstić information content (AvgIpc) is 2.76. The smallest absolute Gasteiger partial charge is 0.317 e. The Labute approximate surface area is 108 Å². The maximum Gasteiger partial charge on any atom is 0.317 e. The molecule has 5 nitrogen and oxygen atoms in total. The van der Waals surface area contributed by atoms with Crippen molar-refractivity contribution in [2.75, 3.05) is 32.7 Å². The normalized spacial score (nSPS) is 23.0. The van der Waals surface area contributed by atoms with Crippen LogP contribution in [0.15, 0.2) is 0 Å². The van der Waals surface area contributed by atoms with Crippen LogP contribution in [0.2, 0.25) is 0 Å². The number of nitrogens with zero attached hydrogens (tertiary/aromatic N) is 2. The molecule has 2 aliphatic rings. The van der Waals surface area contributed by atoms with E-state index in [0.29, 0.717) is 19.0 Å². The summed E-state index contributed by atoms with van der Waals surface area (Å²) in [6.07, 6.45) is 5.30. The number of carboxylic acid groups (broad SMARTS) is 1. The maximum absolute atomic E-state index is 12.3. The van der Waals surface area contributed by atoms with Crippen molar-refractivity contribution < 1.29 is 14.7 Å². The Morgan fingerprint density at radius 3 is 2.39 bits per heavy atom. The minimum Gasteiger partial charge on any atom is -0.480 e. The zero-order valence-electron chi connectivity index (χ0n) is 10.8. The van der Waals surface area contributed by atoms with Gasteiger partial charge in [-0.3, -0.25) is 14.5 Å². The lowest BCUT2D eigenvalue weighted by Crippen LogP contribution is -2.39. The van der Waals surface area contributed by atoms with Crippen LogP contribution in [0.4, 0.5) is 0 Å². The van der Waals surface area contributed by atoms with Crippen molar-refractivity contribution in [2.24, 2.45) is 5.92 Å². The summed E-state index contributed by atoms with van der Waals surface area (Å²) in [4.78, 5) is 26.8. The van der Waals surface area contributed by atoms with Crippen molar-refractivity contribution in [3.05, 3.63) is 0 Å². The average molecular weight is 254 g/mol. The van der Waals surface area contributed by atoms with E-state index in [1.807, 2.05) is 9.80 Å². The standard InChI is InChI=1S/C13H22N2O3/c16-12(17)10-14-6-3-7-15(9-8-14)13(18)11-4-1-2-5-11/h11H,1-10H2,(H,16,17). The topological polar surface area (TPSA) is 60.9 Å². The monoisotopic (exact) mass is 254 g/mol. The Morgan fingerprint density at radius 2 is 1.72 bits per heavy atom. The second-order valence-electron chi connectivity index (χ2n) is 5.33. The van der Waals surface area contributed by atoms with Gasteiger partial charge in [-0.05, 0) is 19.3 Å². The summed E-state index contributed by atoms with van der Waals surface area (Å²) in [5, 5.41) is 8.78. The second kappa shape index (κ2) is 6.18. The van der Waals surface area contributed by atoms with Crippen molar-refractivity contribution >= 4 is 11.9 Å². The summed E-state index contributed by atoms with van der Waals surface area (Å²) in [5.41, 5.74) is 0. The Hall–Kier alpha value is -1.10. The minimum absolute atomic E-state index is 0.0887. The zero-order valence-corrected chi connectivity index (χ0v) is 10.8. The van der Waals surface area contributed by atoms with Gasteiger partial charge in [0.25, 0.3) is 0 Å². The van der Waals surface area contributed by atoms with Gasteiger partial charge >= 0.3 is 5.97 Å². The van der Waals surface area contributed by atoms with E-state index in [2.05, 4.69) is 0 Å². The van der Waals surface area contributed by atoms with Crippen molar-refractivity contribution in [3.8, 4) is 0 Å². The van der Waals surface area contributed by atoms with Crippen molar-refractivity contribution in [3.63, 3.8) is 0 Å². The van der Waals surface area contributed by atoms with Crippen LogP contribution in [0.1, 0.15) is 32.1 Å². The fraction of sp³-hybridized carbons (Fsp3) is 0.846. The van der Waals surface area contributed by atoms with Gasteiger partial charge in [-0.2, -0.15) is 0 Å². The van der Waals surface area contributed by atoms with E-state index in [1.54, 1.807) is 0 Å². The van der Waals surface area contributed by atoms with E-state index in [0.717, 1.165) is 32.4 Å². The summed E-state index contributed by atoms with van der Waals surface area (Å²) >= 11 is 0. The van der Waals surface area contributed by atoms with Gasteiger partial charge in [-0.25, -0.2) is 0 Å². The number of carbonyl (C=O) groups excluding carboxylic acids is 1. The number of hydrogen-bond acceptors (Lipinski definition) is 3. The number of aliphatic carboxylic acids is 1. The lowest BCUT2D eigenvalue weighted by atomic mass is 10.1. The van der Waals surface area contributed by atoms with Crippen LogP contribution in [-0.2, 0) is 9.59 Å². The summed E-state index contributed by atoms with van der Waals surface area (Å²) in [6, 6.07) is 0. The summed E-state index contributed by atoms with van der Waals surface area (Å²) in [6.45, 7) is 3.02. The predicted octanol–water partition coefficient (Wildman–Crippen LogP) is 0.795. The first-order chi connectivity index (χ1) is 8.66. The number of amides is 1. The highest BCUT2D eigenvalue weighted by molar-refractivity contribution is 5.79. The first kappa shape index (κ1) is 13.3. The Balaban J connectivity index is 1.84. The SMILES string of the molecule is O=C(O)CN1CCCN(C(=O)C2CCCC2)CC1. The van der Waals surface area contributed by atoms with Gasteiger partial charge in [-0.15, -0.1) is 0 Å². The molecule has 0 radical (unpaired) electrons. The van der Waals surface area contributed by atoms with Crippen LogP contribution >= 0.6 is 0 Å². The molecule has 0 unspecified atom stereocenters. The highest BCUT2D eigenvalue weighted by Gasteiger charge is 2.28. The molecule has 18 heavy (non-hydrogen) atoms. The number of rotatable bonds is 3. The molecule has 1 N–H and O–H groups in total. The van der Waals surface area contributed by atoms with E-state index in [1.165, 1.54) is 12.8 Å². The minimum atomic E-state index is -0.787. The first-order valence-electron chi connectivity index (χ1n) is 6.90. The van der Waals surface area contributed by atoms with Crippen molar-refractivity contribution in [1.29, 1.82) is 0 Å². The number of hydrogen-bond donors (Lipinski definition) is 1. The quantitative estimate of drug-likeness (QED) is 0.809. The van der Waals surface area contributed by atoms with E-state index < -0.39 is 5.97 Å². The van der Waals surface area contributed by atoms with E-state index in [4.69, 9.17) is 5.11 Å². The van der Waals surface area contributed by atoms with Crippen LogP contribution < -0.4 is 0 Å². The van der Waals surface area contributed by atoms with Gasteiger partial charge in [0.05, 0.1) is 6.54 Å². The van der Waals surface area contributed by atoms with Gasteiger partial charge in [0.2, 0.25) is 5.91 Å². The predicted molar refractivity (Wildman–Crippen MR) is 67.2 cm³/mol. The molecule has 0 bridgehead atoms. The molecule has 1 heterocycles. The van der Waals surface area contributed by atoms with E-state index in [-0.39, 0.29) is 12.5 Å². The molecule has 0 aromatic rings. The molecule has 0 aromatic heterocycles. The number of carboxylic acids is 1. The van der Waals surface area contributed by atoms with E-state index in [9.17, 15) is 9.59 Å². The van der Waals surface area contributed by atoms with Crippen LogP contribution in [0.3, 0.4) is 0 Å². The summed E-state index contributed by atoms with van der Waals surface area (Å²) in [5.74, 6) is -0.258. The first-order valence-corrected chi connectivity index (χ1v) is 6.90. The summed E-state index contributed by atoms with van der Waals surface area (Å²) in [7, 11) is 0. The molecule has 1 saturated carbocycles. The van der Waals surface area contributed by atoms with Gasteiger partial charge in [0.1, 0.15) is 0 Å². The number of carbonyl (C=O) groups is 2. The molecular formula is C13H22N2O3. The fourth-order valence-electron chi connectivity index (χ4n) is 2.97. The van der Waals surface area contributed by atoms with Crippen molar-refractivity contribution in [1.82, 2.24) is 9.80 Å². The molecule has 1 aliphatic carbocycles. The third-order valence-corrected chi connectivity index (χ3v) is 3.96. The van der Waals surface area contributed by atoms with Crippen LogP contribution in [-0.4, -0.2) is 59.5 Å². The Kier molecular flexibility index (Phi) is 4.58. The van der Waals surface area contributed by atoms with Gasteiger partial charge < -0.3 is 10.0 Å². The molecule has 102 valence electrons. The molecule has 1 amide bonds. The summed E-state index contributed by atoms with van der Waals surface area (Å²) < 4.78 is 0. The van der Waals surface area contributed by atoms with Gasteiger partial charge in [-0.1, -0.05) is 12.8 Å². The molecule has 5 heteroatoms. The zero-order chi connectivity index (χ0) is 13.0. The highest BCUT2D eigenvalue weighted by Crippen LogP contribution is 2.26. The second-order valence-corrected chi connectivity index (χ2v) is 5.33. The third kappa shape index (κ3) is 3.45. The Morgan fingerprint density at radius 1 is 1.00 bits per heavy atom. The van der Waals surface area contributed by atoms with Crippen LogP contribution in [0, 0.1) is 5.92 Å². The largest absolute Gasteiger partial charge is 0.480 e. The van der Waals surface area contributed by atoms with Gasteiger partial charge in [0, 0.05) is 32.1 Å². The molecule has 2 rings (SSSR count). The molecule has 0 spiro atoms. The molecule has 1 saturated heterocycles. The Bertz CT molecular complexity index is 313. The fourth-order valence-corrected chi connectivity index (χ4v) is 2.97. The van der Waals surface area contributed by atoms with Crippen LogP contribution in [0.25, 0.3) is 0 Å². The molecular weight excluding hydrogens is 232 g/mol. The van der Waals surface area contributed by atoms with Crippen molar-refractivity contribution in [2.45, 2.75) is 32.1 Å². The lowest BCUT2D eigenvalue weighted by molar-refractivity contribution is -0.138. The maximum atomic E-state index is 12.3. The molecule has 0 atom stereocenters.